The van der Waals surface area contributed by atoms with Crippen LogP contribution in [-0.4, -0.2) is 23.0 Å². The molecule has 1 aliphatic carbocycles. The summed E-state index contributed by atoms with van der Waals surface area (Å²) in [5, 5.41) is 9.83. The molecule has 0 aromatic heterocycles. The molecule has 1 aromatic rings. The molecule has 1 amide bonds. The lowest BCUT2D eigenvalue weighted by molar-refractivity contribution is -0.135. The summed E-state index contributed by atoms with van der Waals surface area (Å²) in [7, 11) is 1.80. The molecule has 0 heterocycles. The molecule has 0 fully saturated rings. The molecule has 2 rings (SSSR count). The van der Waals surface area contributed by atoms with Crippen molar-refractivity contribution >= 4 is 5.91 Å². The first kappa shape index (κ1) is 12.7. The quantitative estimate of drug-likeness (QED) is 0.832. The van der Waals surface area contributed by atoms with Crippen LogP contribution in [0, 0.1) is 5.92 Å². The molecule has 0 bridgehead atoms. The fourth-order valence-corrected chi connectivity index (χ4v) is 2.35. The van der Waals surface area contributed by atoms with Gasteiger partial charge < -0.3 is 10.0 Å². The van der Waals surface area contributed by atoms with Gasteiger partial charge in [0, 0.05) is 18.5 Å². The molecule has 1 unspecified atom stereocenters. The van der Waals surface area contributed by atoms with Gasteiger partial charge in [-0.15, -0.1) is 0 Å². The van der Waals surface area contributed by atoms with Gasteiger partial charge in [-0.05, 0) is 25.8 Å². The first-order valence-corrected chi connectivity index (χ1v) is 6.31. The maximum atomic E-state index is 12.3. The number of para-hydroxylation sites is 1. The SMILES string of the molecule is CC(c1ccccc1O)N(C)C(=O)C1CC=CC1. The molecule has 96 valence electrons. The second kappa shape index (κ2) is 5.25. The molecule has 0 saturated heterocycles. The third-order valence-corrected chi connectivity index (χ3v) is 3.67. The van der Waals surface area contributed by atoms with Crippen LogP contribution >= 0.6 is 0 Å². The zero-order chi connectivity index (χ0) is 13.1. The minimum absolute atomic E-state index is 0.0725. The summed E-state index contributed by atoms with van der Waals surface area (Å²) in [5.41, 5.74) is 0.791. The maximum Gasteiger partial charge on any atom is 0.226 e. The predicted molar refractivity (Wildman–Crippen MR) is 71.2 cm³/mol. The van der Waals surface area contributed by atoms with Crippen LogP contribution in [0.3, 0.4) is 0 Å². The zero-order valence-corrected chi connectivity index (χ0v) is 10.8. The summed E-state index contributed by atoms with van der Waals surface area (Å²) in [6, 6.07) is 7.06. The molecule has 0 saturated carbocycles. The number of carbonyl (C=O) groups excluding carboxylic acids is 1. The van der Waals surface area contributed by atoms with Crippen LogP contribution in [0.1, 0.15) is 31.4 Å². The van der Waals surface area contributed by atoms with E-state index in [4.69, 9.17) is 0 Å². The van der Waals surface area contributed by atoms with Crippen LogP contribution < -0.4 is 0 Å². The number of aromatic hydroxyl groups is 1. The molecule has 0 radical (unpaired) electrons. The van der Waals surface area contributed by atoms with E-state index >= 15 is 0 Å². The number of rotatable bonds is 3. The van der Waals surface area contributed by atoms with Gasteiger partial charge in [0.05, 0.1) is 6.04 Å². The Hall–Kier alpha value is -1.77. The van der Waals surface area contributed by atoms with E-state index in [0.29, 0.717) is 0 Å². The average molecular weight is 245 g/mol. The third kappa shape index (κ3) is 2.40. The van der Waals surface area contributed by atoms with Crippen molar-refractivity contribution in [2.45, 2.75) is 25.8 Å². The van der Waals surface area contributed by atoms with Crippen LogP contribution in [0.15, 0.2) is 36.4 Å². The van der Waals surface area contributed by atoms with Gasteiger partial charge in [-0.3, -0.25) is 4.79 Å². The highest BCUT2D eigenvalue weighted by atomic mass is 16.3. The Balaban J connectivity index is 2.11. The number of phenols is 1. The van der Waals surface area contributed by atoms with Crippen molar-refractivity contribution in [3.05, 3.63) is 42.0 Å². The lowest BCUT2D eigenvalue weighted by Crippen LogP contribution is -2.34. The second-order valence-corrected chi connectivity index (χ2v) is 4.82. The topological polar surface area (TPSA) is 40.5 Å². The van der Waals surface area contributed by atoms with E-state index in [9.17, 15) is 9.90 Å². The molecule has 0 aliphatic heterocycles. The lowest BCUT2D eigenvalue weighted by Gasteiger charge is -2.28. The van der Waals surface area contributed by atoms with Crippen molar-refractivity contribution in [3.8, 4) is 5.75 Å². The predicted octanol–water partition coefficient (Wildman–Crippen LogP) is 2.88. The van der Waals surface area contributed by atoms with Crippen LogP contribution in [0.25, 0.3) is 0 Å². The molecular formula is C15H19NO2. The number of amides is 1. The van der Waals surface area contributed by atoms with Gasteiger partial charge in [0.15, 0.2) is 0 Å². The number of allylic oxidation sites excluding steroid dienone is 2. The minimum Gasteiger partial charge on any atom is -0.508 e. The Bertz CT molecular complexity index is 459. The highest BCUT2D eigenvalue weighted by Gasteiger charge is 2.26. The van der Waals surface area contributed by atoms with Crippen LogP contribution in [0.5, 0.6) is 5.75 Å². The number of nitrogens with zero attached hydrogens (tertiary/aromatic N) is 1. The summed E-state index contributed by atoms with van der Waals surface area (Å²) in [6.07, 6.45) is 5.77. The summed E-state index contributed by atoms with van der Waals surface area (Å²) in [4.78, 5) is 14.0. The number of hydrogen-bond donors (Lipinski definition) is 1. The van der Waals surface area contributed by atoms with Gasteiger partial charge >= 0.3 is 0 Å². The van der Waals surface area contributed by atoms with Gasteiger partial charge in [0.25, 0.3) is 0 Å². The van der Waals surface area contributed by atoms with Crippen LogP contribution in [0.4, 0.5) is 0 Å². The van der Waals surface area contributed by atoms with Gasteiger partial charge in [-0.1, -0.05) is 30.4 Å². The summed E-state index contributed by atoms with van der Waals surface area (Å²) in [5.74, 6) is 0.466. The number of carbonyl (C=O) groups is 1. The second-order valence-electron chi connectivity index (χ2n) is 4.82. The molecule has 1 N–H and O–H groups in total. The third-order valence-electron chi connectivity index (χ3n) is 3.67. The van der Waals surface area contributed by atoms with E-state index in [-0.39, 0.29) is 23.6 Å². The van der Waals surface area contributed by atoms with Crippen LogP contribution in [0.2, 0.25) is 0 Å². The molecule has 1 aromatic carbocycles. The van der Waals surface area contributed by atoms with Gasteiger partial charge in [-0.2, -0.15) is 0 Å². The number of hydrogen-bond acceptors (Lipinski definition) is 2. The smallest absolute Gasteiger partial charge is 0.226 e. The summed E-state index contributed by atoms with van der Waals surface area (Å²) < 4.78 is 0. The standard InChI is InChI=1S/C15H19NO2/c1-11(13-9-5-6-10-14(13)17)16(2)15(18)12-7-3-4-8-12/h3-6,9-12,17H,7-8H2,1-2H3. The van der Waals surface area contributed by atoms with Crippen molar-refractivity contribution in [1.82, 2.24) is 4.90 Å². The van der Waals surface area contributed by atoms with E-state index < -0.39 is 0 Å². The molecule has 1 aliphatic rings. The fraction of sp³-hybridized carbons (Fsp3) is 0.400. The average Bonchev–Trinajstić information content (AvgIpc) is 2.90. The van der Waals surface area contributed by atoms with Gasteiger partial charge in [-0.25, -0.2) is 0 Å². The highest BCUT2D eigenvalue weighted by molar-refractivity contribution is 5.80. The number of phenolic OH excluding ortho intramolecular Hbond substituents is 1. The Morgan fingerprint density at radius 1 is 1.33 bits per heavy atom. The zero-order valence-electron chi connectivity index (χ0n) is 10.8. The van der Waals surface area contributed by atoms with Crippen molar-refractivity contribution in [2.75, 3.05) is 7.05 Å². The first-order valence-electron chi connectivity index (χ1n) is 6.31. The summed E-state index contributed by atoms with van der Waals surface area (Å²) >= 11 is 0. The largest absolute Gasteiger partial charge is 0.508 e. The maximum absolute atomic E-state index is 12.3. The van der Waals surface area contributed by atoms with Crippen molar-refractivity contribution in [1.29, 1.82) is 0 Å². The fourth-order valence-electron chi connectivity index (χ4n) is 2.35. The molecule has 1 atom stereocenters. The molecule has 3 nitrogen and oxygen atoms in total. The Morgan fingerprint density at radius 2 is 1.94 bits per heavy atom. The molecule has 18 heavy (non-hydrogen) atoms. The Kier molecular flexibility index (Phi) is 3.70. The van der Waals surface area contributed by atoms with E-state index in [1.54, 1.807) is 24.1 Å². The van der Waals surface area contributed by atoms with Gasteiger partial charge in [0.2, 0.25) is 5.91 Å². The van der Waals surface area contributed by atoms with Gasteiger partial charge in [0.1, 0.15) is 5.75 Å². The first-order chi connectivity index (χ1) is 8.61. The monoisotopic (exact) mass is 245 g/mol. The lowest BCUT2D eigenvalue weighted by atomic mass is 10.0. The highest BCUT2D eigenvalue weighted by Crippen LogP contribution is 2.29. The van der Waals surface area contributed by atoms with E-state index in [2.05, 4.69) is 12.2 Å². The number of benzene rings is 1. The van der Waals surface area contributed by atoms with E-state index in [1.165, 1.54) is 0 Å². The minimum atomic E-state index is -0.112. The van der Waals surface area contributed by atoms with Crippen LogP contribution in [-0.2, 0) is 4.79 Å². The Morgan fingerprint density at radius 3 is 2.56 bits per heavy atom. The van der Waals surface area contributed by atoms with Crippen molar-refractivity contribution in [2.24, 2.45) is 5.92 Å². The Labute approximate surface area is 108 Å². The van der Waals surface area contributed by atoms with Crippen molar-refractivity contribution < 1.29 is 9.90 Å². The summed E-state index contributed by atoms with van der Waals surface area (Å²) in [6.45, 7) is 1.94. The molecule has 0 spiro atoms. The molecular weight excluding hydrogens is 226 g/mol. The van der Waals surface area contributed by atoms with E-state index in [0.717, 1.165) is 18.4 Å². The van der Waals surface area contributed by atoms with Crippen molar-refractivity contribution in [3.63, 3.8) is 0 Å². The molecule has 3 heteroatoms. The normalized spacial score (nSPS) is 16.8. The van der Waals surface area contributed by atoms with E-state index in [1.807, 2.05) is 19.1 Å².